The average molecular weight is 657 g/mol. The average Bonchev–Trinajstić information content (AvgIpc) is 3.45. The number of alkyl halides is 3. The lowest BCUT2D eigenvalue weighted by atomic mass is 9.69. The lowest BCUT2D eigenvalue weighted by molar-refractivity contribution is -0.221. The van der Waals surface area contributed by atoms with Crippen molar-refractivity contribution in [1.29, 1.82) is 0 Å². The second-order valence-electron chi connectivity index (χ2n) is 13.5. The van der Waals surface area contributed by atoms with Crippen LogP contribution in [-0.2, 0) is 39.8 Å². The number of methoxy groups -OCH3 is 2. The summed E-state index contributed by atoms with van der Waals surface area (Å²) in [5.41, 5.74) is -3.21. The molecule has 9 nitrogen and oxygen atoms in total. The van der Waals surface area contributed by atoms with Gasteiger partial charge in [-0.05, 0) is 62.3 Å². The molecule has 1 aromatic carbocycles. The van der Waals surface area contributed by atoms with E-state index in [4.69, 9.17) is 33.2 Å². The summed E-state index contributed by atoms with van der Waals surface area (Å²) in [6.45, 7) is 12.8. The summed E-state index contributed by atoms with van der Waals surface area (Å²) >= 11 is 0. The summed E-state index contributed by atoms with van der Waals surface area (Å²) in [7, 11) is 3.02. The summed E-state index contributed by atoms with van der Waals surface area (Å²) in [5, 5.41) is 12.1. The van der Waals surface area contributed by atoms with Crippen molar-refractivity contribution in [3.63, 3.8) is 0 Å². The fourth-order valence-corrected chi connectivity index (χ4v) is 7.45. The molecule has 2 aliphatic carbocycles. The Morgan fingerprint density at radius 2 is 1.85 bits per heavy atom. The molecule has 0 radical (unpaired) electrons. The second-order valence-corrected chi connectivity index (χ2v) is 13.5. The van der Waals surface area contributed by atoms with Crippen LogP contribution < -0.4 is 4.74 Å². The number of ether oxygens (including phenoxy) is 7. The molecule has 8 atom stereocenters. The van der Waals surface area contributed by atoms with Gasteiger partial charge in [0.15, 0.2) is 5.79 Å². The molecule has 1 saturated heterocycles. The SMILES string of the molecule is C=C[C@@H](OCc1ccc(OC)cc1)[C@]1([C@H]2/C=C\[C@]3(OC(=O)C(F)(F)F)CC[C@H]([C@@H](OCOC)[C@H](O)[C@H]2C)C3(C)C)COC(C)(C)O1. The van der Waals surface area contributed by atoms with Crippen LogP contribution in [0.1, 0.15) is 53.0 Å². The van der Waals surface area contributed by atoms with E-state index in [1.165, 1.54) is 7.11 Å². The highest BCUT2D eigenvalue weighted by atomic mass is 19.4. The van der Waals surface area contributed by atoms with E-state index in [2.05, 4.69) is 6.58 Å². The number of esters is 1. The Kier molecular flexibility index (Phi) is 10.7. The number of aliphatic hydroxyl groups is 1. The topological polar surface area (TPSA) is 102 Å². The number of hydrogen-bond donors (Lipinski definition) is 1. The molecular weight excluding hydrogens is 609 g/mol. The first-order valence-corrected chi connectivity index (χ1v) is 15.5. The van der Waals surface area contributed by atoms with Crippen LogP contribution in [-0.4, -0.2) is 80.2 Å². The first kappa shape index (κ1) is 36.4. The van der Waals surface area contributed by atoms with Crippen LogP contribution in [0.3, 0.4) is 0 Å². The number of carbonyl (C=O) groups excluding carboxylic acids is 1. The van der Waals surface area contributed by atoms with E-state index < -0.39 is 70.6 Å². The van der Waals surface area contributed by atoms with E-state index in [1.54, 1.807) is 53.0 Å². The Bertz CT molecular complexity index is 1250. The van der Waals surface area contributed by atoms with Crippen molar-refractivity contribution in [2.45, 2.75) is 95.5 Å². The van der Waals surface area contributed by atoms with Gasteiger partial charge in [-0.3, -0.25) is 0 Å². The smallest absolute Gasteiger partial charge is 0.490 e. The van der Waals surface area contributed by atoms with Crippen LogP contribution in [0.2, 0.25) is 0 Å². The highest BCUT2D eigenvalue weighted by Crippen LogP contribution is 2.58. The van der Waals surface area contributed by atoms with Crippen LogP contribution >= 0.6 is 0 Å². The Hall–Kier alpha value is -2.48. The van der Waals surface area contributed by atoms with Crippen LogP contribution in [0.25, 0.3) is 0 Å². The predicted molar refractivity (Wildman–Crippen MR) is 162 cm³/mol. The first-order valence-electron chi connectivity index (χ1n) is 15.5. The Morgan fingerprint density at radius 1 is 1.17 bits per heavy atom. The third-order valence-electron chi connectivity index (χ3n) is 10.1. The van der Waals surface area contributed by atoms with Gasteiger partial charge in [0.05, 0.1) is 32.5 Å². The van der Waals surface area contributed by atoms with Gasteiger partial charge in [-0.1, -0.05) is 45.1 Å². The van der Waals surface area contributed by atoms with Gasteiger partial charge in [-0.15, -0.1) is 6.58 Å². The fraction of sp³-hybridized carbons (Fsp3) is 0.676. The highest BCUT2D eigenvalue weighted by Gasteiger charge is 2.64. The van der Waals surface area contributed by atoms with Crippen LogP contribution in [0.15, 0.2) is 49.1 Å². The molecule has 1 aromatic rings. The number of fused-ring (bicyclic) bond motifs is 2. The van der Waals surface area contributed by atoms with Gasteiger partial charge < -0.3 is 38.3 Å². The summed E-state index contributed by atoms with van der Waals surface area (Å²) in [5.74, 6) is -4.53. The summed E-state index contributed by atoms with van der Waals surface area (Å²) in [6.07, 6.45) is -2.78. The van der Waals surface area contributed by atoms with E-state index in [1.807, 2.05) is 31.2 Å². The van der Waals surface area contributed by atoms with E-state index in [0.717, 1.165) is 5.56 Å². The van der Waals surface area contributed by atoms with Gasteiger partial charge in [0.2, 0.25) is 0 Å². The quantitative estimate of drug-likeness (QED) is 0.182. The number of carbonyl (C=O) groups is 1. The zero-order valence-electron chi connectivity index (χ0n) is 27.6. The molecule has 3 aliphatic rings. The van der Waals surface area contributed by atoms with Crippen molar-refractivity contribution in [2.24, 2.45) is 23.2 Å². The van der Waals surface area contributed by atoms with Gasteiger partial charge in [-0.2, -0.15) is 13.2 Å². The molecule has 46 heavy (non-hydrogen) atoms. The normalized spacial score (nSPS) is 35.0. The number of halogens is 3. The Morgan fingerprint density at radius 3 is 2.39 bits per heavy atom. The lowest BCUT2D eigenvalue weighted by Crippen LogP contribution is -2.56. The minimum Gasteiger partial charge on any atom is -0.497 e. The molecule has 0 unspecified atom stereocenters. The van der Waals surface area contributed by atoms with Crippen LogP contribution in [0, 0.1) is 23.2 Å². The maximum absolute atomic E-state index is 13.6. The molecule has 258 valence electrons. The minimum absolute atomic E-state index is 0.0110. The summed E-state index contributed by atoms with van der Waals surface area (Å²) in [6, 6.07) is 7.36. The van der Waals surface area contributed by atoms with Crippen molar-refractivity contribution < 1.29 is 56.2 Å². The zero-order chi connectivity index (χ0) is 34.1. The zero-order valence-corrected chi connectivity index (χ0v) is 27.6. The van der Waals surface area contributed by atoms with Gasteiger partial charge in [0.25, 0.3) is 0 Å². The molecule has 1 aliphatic heterocycles. The van der Waals surface area contributed by atoms with E-state index in [9.17, 15) is 23.1 Å². The van der Waals surface area contributed by atoms with Gasteiger partial charge in [0, 0.05) is 18.4 Å². The molecule has 2 bridgehead atoms. The van der Waals surface area contributed by atoms with Gasteiger partial charge in [0.1, 0.15) is 29.8 Å². The molecule has 0 amide bonds. The molecule has 12 heteroatoms. The van der Waals surface area contributed by atoms with E-state index in [0.29, 0.717) is 12.2 Å². The van der Waals surface area contributed by atoms with Crippen molar-refractivity contribution in [3.05, 3.63) is 54.6 Å². The molecule has 0 spiro atoms. The number of aliphatic hydroxyl groups excluding tert-OH is 1. The molecule has 1 saturated carbocycles. The van der Waals surface area contributed by atoms with E-state index >= 15 is 0 Å². The van der Waals surface area contributed by atoms with Crippen LogP contribution in [0.5, 0.6) is 5.75 Å². The Labute approximate surface area is 269 Å². The van der Waals surface area contributed by atoms with E-state index in [-0.39, 0.29) is 26.4 Å². The lowest BCUT2D eigenvalue weighted by Gasteiger charge is -2.45. The van der Waals surface area contributed by atoms with Gasteiger partial charge >= 0.3 is 12.1 Å². The number of hydrogen-bond acceptors (Lipinski definition) is 9. The third-order valence-corrected chi connectivity index (χ3v) is 10.1. The van der Waals surface area contributed by atoms with Crippen molar-refractivity contribution in [3.8, 4) is 5.75 Å². The fourth-order valence-electron chi connectivity index (χ4n) is 7.45. The first-order chi connectivity index (χ1) is 21.5. The molecule has 1 N–H and O–H groups in total. The van der Waals surface area contributed by atoms with Crippen molar-refractivity contribution in [2.75, 3.05) is 27.6 Å². The predicted octanol–water partition coefficient (Wildman–Crippen LogP) is 5.74. The maximum atomic E-state index is 13.6. The number of rotatable bonds is 11. The maximum Gasteiger partial charge on any atom is 0.490 e. The molecule has 0 aromatic heterocycles. The molecule has 2 fully saturated rings. The summed E-state index contributed by atoms with van der Waals surface area (Å²) < 4.78 is 82.1. The Balaban J connectivity index is 1.83. The standard InChI is InChI=1S/C34H47F3O9/c1-9-26(42-18-22-10-12-23(41-8)13-11-22)33(19-44-31(5,6)46-33)24-14-16-32(45-29(39)34(35,36)37)17-15-25(30(32,3)4)28(43-20-40-7)27(38)21(24)2/h9-14,16,21,24-28,38H,1,15,17-20H2,2-8H3/b16-14-/t21-,24-,25+,26+,27+,28+,32-,33+/m0/s1. The summed E-state index contributed by atoms with van der Waals surface area (Å²) in [4.78, 5) is 12.4. The van der Waals surface area contributed by atoms with Gasteiger partial charge in [-0.25, -0.2) is 4.79 Å². The molecule has 4 rings (SSSR count). The number of benzene rings is 1. The van der Waals surface area contributed by atoms with Crippen molar-refractivity contribution in [1.82, 2.24) is 0 Å². The third kappa shape index (κ3) is 6.88. The largest absolute Gasteiger partial charge is 0.497 e. The minimum atomic E-state index is -5.20. The molecular formula is C34H47F3O9. The highest BCUT2D eigenvalue weighted by molar-refractivity contribution is 5.76. The molecule has 1 heterocycles. The van der Waals surface area contributed by atoms with Crippen molar-refractivity contribution >= 4 is 5.97 Å². The van der Waals surface area contributed by atoms with Crippen LogP contribution in [0.4, 0.5) is 13.2 Å². The second kappa shape index (κ2) is 13.6. The monoisotopic (exact) mass is 656 g/mol.